The Morgan fingerprint density at radius 1 is 1.00 bits per heavy atom. The average Bonchev–Trinajstić information content (AvgIpc) is 2.41. The van der Waals surface area contributed by atoms with Gasteiger partial charge in [-0.05, 0) is 49.7 Å². The summed E-state index contributed by atoms with van der Waals surface area (Å²) in [6.45, 7) is 3.76. The largest absolute Gasteiger partial charge is 0.399 e. The number of anilines is 1. The Hall–Kier alpha value is -1.51. The van der Waals surface area contributed by atoms with Crippen molar-refractivity contribution in [3.05, 3.63) is 63.6 Å². The lowest BCUT2D eigenvalue weighted by Crippen LogP contribution is -2.29. The molecular formula is C16H15Cl2NO. The van der Waals surface area contributed by atoms with Crippen LogP contribution >= 0.6 is 23.2 Å². The summed E-state index contributed by atoms with van der Waals surface area (Å²) in [6, 6.07) is 12.2. The normalized spacial score (nSPS) is 11.4. The molecule has 0 heterocycles. The van der Waals surface area contributed by atoms with Crippen LogP contribution in [0.2, 0.25) is 10.0 Å². The topological polar surface area (TPSA) is 43.1 Å². The second-order valence-electron chi connectivity index (χ2n) is 5.21. The molecule has 0 amide bonds. The SMILES string of the molecule is CC(C)(C(=O)c1ccc(Cl)c(Cl)c1)c1ccc(N)cc1. The van der Waals surface area contributed by atoms with E-state index in [1.807, 2.05) is 26.0 Å². The van der Waals surface area contributed by atoms with E-state index < -0.39 is 5.41 Å². The van der Waals surface area contributed by atoms with E-state index in [0.29, 0.717) is 21.3 Å². The number of halogens is 2. The molecule has 0 aliphatic heterocycles. The Bertz CT molecular complexity index is 648. The molecule has 0 saturated carbocycles. The van der Waals surface area contributed by atoms with Crippen molar-refractivity contribution in [2.24, 2.45) is 0 Å². The molecule has 0 unspecified atom stereocenters. The van der Waals surface area contributed by atoms with Gasteiger partial charge in [-0.2, -0.15) is 0 Å². The van der Waals surface area contributed by atoms with Crippen LogP contribution < -0.4 is 5.73 Å². The molecule has 4 heteroatoms. The molecule has 104 valence electrons. The van der Waals surface area contributed by atoms with Crippen molar-refractivity contribution < 1.29 is 4.79 Å². The molecule has 2 aromatic carbocycles. The van der Waals surface area contributed by atoms with Crippen molar-refractivity contribution in [1.82, 2.24) is 0 Å². The Kier molecular flexibility index (Phi) is 4.07. The first-order chi connectivity index (χ1) is 9.32. The molecule has 0 aromatic heterocycles. The van der Waals surface area contributed by atoms with E-state index in [0.717, 1.165) is 5.56 Å². The summed E-state index contributed by atoms with van der Waals surface area (Å²) < 4.78 is 0. The Morgan fingerprint density at radius 2 is 1.60 bits per heavy atom. The maximum Gasteiger partial charge on any atom is 0.172 e. The Labute approximate surface area is 128 Å². The standard InChI is InChI=1S/C16H15Cl2NO/c1-16(2,11-4-6-12(19)7-5-11)15(20)10-3-8-13(17)14(18)9-10/h3-9H,19H2,1-2H3. The molecule has 0 fully saturated rings. The lowest BCUT2D eigenvalue weighted by atomic mass is 9.78. The molecular weight excluding hydrogens is 293 g/mol. The number of hydrogen-bond acceptors (Lipinski definition) is 2. The van der Waals surface area contributed by atoms with Crippen LogP contribution in [0, 0.1) is 0 Å². The van der Waals surface area contributed by atoms with Gasteiger partial charge in [-0.3, -0.25) is 4.79 Å². The molecule has 2 N–H and O–H groups in total. The van der Waals surface area contributed by atoms with Gasteiger partial charge in [0.25, 0.3) is 0 Å². The number of Topliss-reactive ketones (excluding diaryl/α,β-unsaturated/α-hetero) is 1. The zero-order chi connectivity index (χ0) is 14.9. The van der Waals surface area contributed by atoms with Gasteiger partial charge < -0.3 is 5.73 Å². The van der Waals surface area contributed by atoms with Crippen LogP contribution in [0.3, 0.4) is 0 Å². The van der Waals surface area contributed by atoms with Crippen molar-refractivity contribution in [3.63, 3.8) is 0 Å². The fourth-order valence-electron chi connectivity index (χ4n) is 2.03. The predicted molar refractivity (Wildman–Crippen MR) is 84.7 cm³/mol. The van der Waals surface area contributed by atoms with Gasteiger partial charge in [-0.15, -0.1) is 0 Å². The Balaban J connectivity index is 2.39. The minimum atomic E-state index is -0.662. The van der Waals surface area contributed by atoms with Gasteiger partial charge in [0.1, 0.15) is 0 Å². The van der Waals surface area contributed by atoms with E-state index in [1.54, 1.807) is 30.3 Å². The second-order valence-corrected chi connectivity index (χ2v) is 6.02. The molecule has 0 bridgehead atoms. The number of ketones is 1. The summed E-state index contributed by atoms with van der Waals surface area (Å²) in [4.78, 5) is 12.7. The number of nitrogen functional groups attached to an aromatic ring is 1. The van der Waals surface area contributed by atoms with Gasteiger partial charge in [0.2, 0.25) is 0 Å². The summed E-state index contributed by atoms with van der Waals surface area (Å²) in [5.74, 6) is -0.0131. The van der Waals surface area contributed by atoms with Crippen LogP contribution in [0.5, 0.6) is 0 Å². The second kappa shape index (κ2) is 5.47. The monoisotopic (exact) mass is 307 g/mol. The highest BCUT2D eigenvalue weighted by Crippen LogP contribution is 2.30. The van der Waals surface area contributed by atoms with Gasteiger partial charge >= 0.3 is 0 Å². The minimum absolute atomic E-state index is 0.0131. The summed E-state index contributed by atoms with van der Waals surface area (Å²) in [5.41, 5.74) is 7.14. The number of nitrogens with two attached hydrogens (primary N) is 1. The Morgan fingerprint density at radius 3 is 2.15 bits per heavy atom. The first-order valence-corrected chi connectivity index (χ1v) is 6.94. The molecule has 0 atom stereocenters. The zero-order valence-corrected chi connectivity index (χ0v) is 12.8. The van der Waals surface area contributed by atoms with E-state index >= 15 is 0 Å². The third kappa shape index (κ3) is 2.82. The van der Waals surface area contributed by atoms with Crippen LogP contribution in [0.4, 0.5) is 5.69 Å². The number of carbonyl (C=O) groups is 1. The maximum absolute atomic E-state index is 12.7. The number of benzene rings is 2. The molecule has 2 rings (SSSR count). The fourth-order valence-corrected chi connectivity index (χ4v) is 2.33. The summed E-state index contributed by atoms with van der Waals surface area (Å²) in [5, 5.41) is 0.819. The highest BCUT2D eigenvalue weighted by atomic mass is 35.5. The van der Waals surface area contributed by atoms with E-state index in [9.17, 15) is 4.79 Å². The van der Waals surface area contributed by atoms with Crippen LogP contribution in [0.15, 0.2) is 42.5 Å². The first kappa shape index (κ1) is 14.9. The van der Waals surface area contributed by atoms with Crippen molar-refractivity contribution >= 4 is 34.7 Å². The zero-order valence-electron chi connectivity index (χ0n) is 11.3. The van der Waals surface area contributed by atoms with Gasteiger partial charge in [0, 0.05) is 11.3 Å². The molecule has 0 radical (unpaired) electrons. The smallest absolute Gasteiger partial charge is 0.172 e. The van der Waals surface area contributed by atoms with Crippen molar-refractivity contribution in [1.29, 1.82) is 0 Å². The van der Waals surface area contributed by atoms with Crippen molar-refractivity contribution in [2.45, 2.75) is 19.3 Å². The van der Waals surface area contributed by atoms with E-state index in [1.165, 1.54) is 0 Å². The minimum Gasteiger partial charge on any atom is -0.399 e. The van der Waals surface area contributed by atoms with E-state index in [2.05, 4.69) is 0 Å². The predicted octanol–water partition coefficient (Wildman–Crippen LogP) is 4.74. The lowest BCUT2D eigenvalue weighted by molar-refractivity contribution is 0.0909. The molecule has 2 nitrogen and oxygen atoms in total. The third-order valence-corrected chi connectivity index (χ3v) is 4.12. The van der Waals surface area contributed by atoms with E-state index in [-0.39, 0.29) is 5.78 Å². The fraction of sp³-hybridized carbons (Fsp3) is 0.188. The summed E-state index contributed by atoms with van der Waals surface area (Å²) in [7, 11) is 0. The van der Waals surface area contributed by atoms with Crippen molar-refractivity contribution in [3.8, 4) is 0 Å². The van der Waals surface area contributed by atoms with Crippen LogP contribution in [0.25, 0.3) is 0 Å². The molecule has 0 saturated heterocycles. The van der Waals surface area contributed by atoms with Gasteiger partial charge in [-0.1, -0.05) is 35.3 Å². The van der Waals surface area contributed by atoms with Gasteiger partial charge in [0.05, 0.1) is 15.5 Å². The summed E-state index contributed by atoms with van der Waals surface area (Å²) >= 11 is 11.9. The summed E-state index contributed by atoms with van der Waals surface area (Å²) in [6.07, 6.45) is 0. The molecule has 0 spiro atoms. The highest BCUT2D eigenvalue weighted by Gasteiger charge is 2.30. The molecule has 0 aliphatic rings. The molecule has 2 aromatic rings. The maximum atomic E-state index is 12.7. The highest BCUT2D eigenvalue weighted by molar-refractivity contribution is 6.42. The third-order valence-electron chi connectivity index (χ3n) is 3.38. The lowest BCUT2D eigenvalue weighted by Gasteiger charge is -2.24. The van der Waals surface area contributed by atoms with Crippen molar-refractivity contribution in [2.75, 3.05) is 5.73 Å². The number of rotatable bonds is 3. The number of hydrogen-bond donors (Lipinski definition) is 1. The molecule has 0 aliphatic carbocycles. The van der Waals surface area contributed by atoms with Crippen LogP contribution in [-0.4, -0.2) is 5.78 Å². The molecule has 20 heavy (non-hydrogen) atoms. The van der Waals surface area contributed by atoms with Crippen LogP contribution in [-0.2, 0) is 5.41 Å². The van der Waals surface area contributed by atoms with Gasteiger partial charge in [-0.25, -0.2) is 0 Å². The van der Waals surface area contributed by atoms with Crippen LogP contribution in [0.1, 0.15) is 29.8 Å². The number of carbonyl (C=O) groups excluding carboxylic acids is 1. The van der Waals surface area contributed by atoms with Gasteiger partial charge in [0.15, 0.2) is 5.78 Å². The quantitative estimate of drug-likeness (QED) is 0.657. The van der Waals surface area contributed by atoms with E-state index in [4.69, 9.17) is 28.9 Å². The first-order valence-electron chi connectivity index (χ1n) is 6.18. The average molecular weight is 308 g/mol.